The van der Waals surface area contributed by atoms with Crippen LogP contribution in [0.2, 0.25) is 0 Å². The fourth-order valence-corrected chi connectivity index (χ4v) is 2.54. The van der Waals surface area contributed by atoms with E-state index in [1.165, 1.54) is 4.90 Å². The maximum Gasteiger partial charge on any atom is 0.408 e. The summed E-state index contributed by atoms with van der Waals surface area (Å²) in [7, 11) is 0. The summed E-state index contributed by atoms with van der Waals surface area (Å²) in [5.74, 6) is 0. The molecule has 3 atom stereocenters. The molecule has 1 fully saturated rings. The van der Waals surface area contributed by atoms with Crippen LogP contribution in [0.3, 0.4) is 0 Å². The molecule has 2 rings (SSSR count). The highest BCUT2D eigenvalue weighted by Crippen LogP contribution is 2.24. The molecular weight excluding hydrogens is 325 g/mol. The van der Waals surface area contributed by atoms with Crippen molar-refractivity contribution < 1.29 is 27.8 Å². The Bertz CT molecular complexity index is 539. The Morgan fingerprint density at radius 2 is 2.08 bits per heavy atom. The van der Waals surface area contributed by atoms with E-state index >= 15 is 0 Å². The molecule has 0 aromatic heterocycles. The monoisotopic (exact) mass is 346 g/mol. The van der Waals surface area contributed by atoms with Crippen molar-refractivity contribution in [1.82, 2.24) is 10.2 Å². The molecule has 0 saturated carbocycles. The van der Waals surface area contributed by atoms with Crippen LogP contribution in [0.25, 0.3) is 0 Å². The quantitative estimate of drug-likeness (QED) is 0.876. The number of nitrogens with one attached hydrogen (secondary N) is 1. The van der Waals surface area contributed by atoms with E-state index in [0.717, 1.165) is 0 Å². The second-order valence-electron chi connectivity index (χ2n) is 5.87. The van der Waals surface area contributed by atoms with Crippen molar-refractivity contribution in [1.29, 1.82) is 0 Å². The number of hydrogen-bond acceptors (Lipinski definition) is 3. The Kier molecular flexibility index (Phi) is 6.06. The van der Waals surface area contributed by atoms with Crippen LogP contribution >= 0.6 is 0 Å². The van der Waals surface area contributed by atoms with Gasteiger partial charge >= 0.3 is 12.2 Å². The summed E-state index contributed by atoms with van der Waals surface area (Å²) in [4.78, 5) is 13.6. The molecule has 3 unspecified atom stereocenters. The molecule has 0 radical (unpaired) electrons. The Labute approximate surface area is 138 Å². The van der Waals surface area contributed by atoms with Crippen molar-refractivity contribution >= 4 is 6.03 Å². The second kappa shape index (κ2) is 7.85. The first-order chi connectivity index (χ1) is 11.3. The molecule has 5 nitrogen and oxygen atoms in total. The van der Waals surface area contributed by atoms with Gasteiger partial charge in [-0.1, -0.05) is 30.3 Å². The lowest BCUT2D eigenvalue weighted by molar-refractivity contribution is -0.154. The van der Waals surface area contributed by atoms with E-state index in [9.17, 15) is 18.0 Å². The van der Waals surface area contributed by atoms with Gasteiger partial charge in [0.2, 0.25) is 0 Å². The zero-order chi connectivity index (χ0) is 17.7. The summed E-state index contributed by atoms with van der Waals surface area (Å²) in [6.07, 6.45) is -5.47. The normalized spacial score (nSPS) is 23.0. The van der Waals surface area contributed by atoms with Crippen LogP contribution in [0.5, 0.6) is 0 Å². The fourth-order valence-electron chi connectivity index (χ4n) is 2.54. The van der Waals surface area contributed by atoms with Gasteiger partial charge in [-0.15, -0.1) is 0 Å². The standard InChI is InChI=1S/C16H21F3N2O3/c1-11-10-24-13(9-22)8-21(11)15(23)20-14(16(17,18)19)7-12-5-3-2-4-6-12/h2-6,11,13-14,22H,7-10H2,1H3,(H,20,23). The van der Waals surface area contributed by atoms with Gasteiger partial charge in [-0.25, -0.2) is 4.79 Å². The van der Waals surface area contributed by atoms with Crippen LogP contribution in [-0.4, -0.2) is 60.2 Å². The topological polar surface area (TPSA) is 61.8 Å². The van der Waals surface area contributed by atoms with Crippen LogP contribution in [-0.2, 0) is 11.2 Å². The number of aliphatic hydroxyl groups excluding tert-OH is 1. The first kappa shape index (κ1) is 18.5. The summed E-state index contributed by atoms with van der Waals surface area (Å²) in [6, 6.07) is 5.06. The number of aliphatic hydroxyl groups is 1. The van der Waals surface area contributed by atoms with E-state index in [-0.39, 0.29) is 32.2 Å². The number of carbonyl (C=O) groups is 1. The van der Waals surface area contributed by atoms with Crippen molar-refractivity contribution in [2.24, 2.45) is 0 Å². The zero-order valence-corrected chi connectivity index (χ0v) is 13.3. The number of morpholine rings is 1. The summed E-state index contributed by atoms with van der Waals surface area (Å²) >= 11 is 0. The number of nitrogens with zero attached hydrogens (tertiary/aromatic N) is 1. The Balaban J connectivity index is 2.06. The molecule has 134 valence electrons. The van der Waals surface area contributed by atoms with Crippen LogP contribution in [0.1, 0.15) is 12.5 Å². The van der Waals surface area contributed by atoms with Crippen molar-refractivity contribution in [2.75, 3.05) is 19.8 Å². The molecule has 0 aliphatic carbocycles. The van der Waals surface area contributed by atoms with E-state index < -0.39 is 24.4 Å². The number of urea groups is 1. The van der Waals surface area contributed by atoms with Crippen molar-refractivity contribution in [3.05, 3.63) is 35.9 Å². The van der Waals surface area contributed by atoms with Crippen molar-refractivity contribution in [3.63, 3.8) is 0 Å². The van der Waals surface area contributed by atoms with Gasteiger partial charge < -0.3 is 20.1 Å². The number of alkyl halides is 3. The molecule has 1 heterocycles. The Morgan fingerprint density at radius 1 is 1.42 bits per heavy atom. The van der Waals surface area contributed by atoms with E-state index in [1.807, 2.05) is 0 Å². The largest absolute Gasteiger partial charge is 0.408 e. The molecule has 0 spiro atoms. The highest BCUT2D eigenvalue weighted by atomic mass is 19.4. The third-order valence-electron chi connectivity index (χ3n) is 3.95. The van der Waals surface area contributed by atoms with Gasteiger partial charge in [0.15, 0.2) is 0 Å². The Hall–Kier alpha value is -1.80. The number of halogens is 3. The van der Waals surface area contributed by atoms with Gasteiger partial charge in [0.25, 0.3) is 0 Å². The minimum atomic E-state index is -4.56. The molecule has 2 amide bonds. The third-order valence-corrected chi connectivity index (χ3v) is 3.95. The molecule has 24 heavy (non-hydrogen) atoms. The lowest BCUT2D eigenvalue weighted by Crippen LogP contribution is -2.58. The van der Waals surface area contributed by atoms with Crippen LogP contribution < -0.4 is 5.32 Å². The van der Waals surface area contributed by atoms with Gasteiger partial charge in [0.05, 0.1) is 31.9 Å². The van der Waals surface area contributed by atoms with Crippen LogP contribution in [0.4, 0.5) is 18.0 Å². The molecule has 1 aliphatic heterocycles. The lowest BCUT2D eigenvalue weighted by atomic mass is 10.1. The predicted octanol–water partition coefficient (Wildman–Crippen LogP) is 1.95. The van der Waals surface area contributed by atoms with Crippen molar-refractivity contribution in [2.45, 2.75) is 37.7 Å². The minimum Gasteiger partial charge on any atom is -0.394 e. The highest BCUT2D eigenvalue weighted by Gasteiger charge is 2.42. The molecule has 0 bridgehead atoms. The maximum atomic E-state index is 13.3. The van der Waals surface area contributed by atoms with Crippen LogP contribution in [0.15, 0.2) is 30.3 Å². The van der Waals surface area contributed by atoms with E-state index in [0.29, 0.717) is 5.56 Å². The molecule has 2 N–H and O–H groups in total. The van der Waals surface area contributed by atoms with Gasteiger partial charge in [-0.05, 0) is 12.5 Å². The summed E-state index contributed by atoms with van der Waals surface area (Å²) in [5.41, 5.74) is 0.489. The van der Waals surface area contributed by atoms with E-state index in [2.05, 4.69) is 5.32 Å². The fraction of sp³-hybridized carbons (Fsp3) is 0.562. The summed E-state index contributed by atoms with van der Waals surface area (Å²) < 4.78 is 45.1. The zero-order valence-electron chi connectivity index (χ0n) is 13.3. The minimum absolute atomic E-state index is 0.0550. The van der Waals surface area contributed by atoms with Gasteiger partial charge in [0, 0.05) is 6.42 Å². The molecular formula is C16H21F3N2O3. The van der Waals surface area contributed by atoms with Crippen LogP contribution in [0, 0.1) is 0 Å². The molecule has 8 heteroatoms. The highest BCUT2D eigenvalue weighted by molar-refractivity contribution is 5.75. The number of amides is 2. The van der Waals surface area contributed by atoms with Gasteiger partial charge in [-0.3, -0.25) is 0 Å². The summed E-state index contributed by atoms with van der Waals surface area (Å²) in [6.45, 7) is 1.63. The number of ether oxygens (including phenoxy) is 1. The average molecular weight is 346 g/mol. The first-order valence-electron chi connectivity index (χ1n) is 7.71. The SMILES string of the molecule is CC1COC(CO)CN1C(=O)NC(Cc1ccccc1)C(F)(F)F. The average Bonchev–Trinajstić information content (AvgIpc) is 2.54. The molecule has 1 aromatic carbocycles. The van der Waals surface area contributed by atoms with Crippen molar-refractivity contribution in [3.8, 4) is 0 Å². The third kappa shape index (κ3) is 4.85. The van der Waals surface area contributed by atoms with Gasteiger partial charge in [0.1, 0.15) is 6.04 Å². The van der Waals surface area contributed by atoms with E-state index in [4.69, 9.17) is 9.84 Å². The maximum absolute atomic E-state index is 13.3. The predicted molar refractivity (Wildman–Crippen MR) is 81.5 cm³/mol. The molecule has 1 aliphatic rings. The lowest BCUT2D eigenvalue weighted by Gasteiger charge is -2.38. The number of carbonyl (C=O) groups excluding carboxylic acids is 1. The number of benzene rings is 1. The van der Waals surface area contributed by atoms with E-state index in [1.54, 1.807) is 37.3 Å². The summed E-state index contributed by atoms with van der Waals surface area (Å²) in [5, 5.41) is 11.2. The Morgan fingerprint density at radius 3 is 2.67 bits per heavy atom. The first-order valence-corrected chi connectivity index (χ1v) is 7.71. The smallest absolute Gasteiger partial charge is 0.394 e. The second-order valence-corrected chi connectivity index (χ2v) is 5.87. The van der Waals surface area contributed by atoms with Gasteiger partial charge in [-0.2, -0.15) is 13.2 Å². The number of rotatable bonds is 4. The number of hydrogen-bond donors (Lipinski definition) is 2. The molecule has 1 aromatic rings. The molecule has 1 saturated heterocycles.